The summed E-state index contributed by atoms with van der Waals surface area (Å²) in [5.41, 5.74) is 0. The van der Waals surface area contributed by atoms with Crippen LogP contribution in [0.5, 0.6) is 0 Å². The summed E-state index contributed by atoms with van der Waals surface area (Å²) in [4.78, 5) is 2.38. The number of aliphatic hydroxyl groups is 1. The highest BCUT2D eigenvalue weighted by atomic mass is 16.5. The van der Waals surface area contributed by atoms with Crippen molar-refractivity contribution < 1.29 is 9.84 Å². The lowest BCUT2D eigenvalue weighted by atomic mass is 10.2. The molecule has 0 saturated heterocycles. The highest BCUT2D eigenvalue weighted by molar-refractivity contribution is 4.77. The zero-order valence-corrected chi connectivity index (χ0v) is 10.1. The van der Waals surface area contributed by atoms with Crippen molar-refractivity contribution in [3.8, 4) is 0 Å². The minimum atomic E-state index is 0.262. The van der Waals surface area contributed by atoms with E-state index in [0.717, 1.165) is 19.7 Å². The van der Waals surface area contributed by atoms with Gasteiger partial charge in [0.15, 0.2) is 0 Å². The van der Waals surface area contributed by atoms with Crippen LogP contribution in [-0.4, -0.2) is 48.5 Å². The minimum absolute atomic E-state index is 0.262. The smallest absolute Gasteiger partial charge is 0.0597 e. The van der Waals surface area contributed by atoms with E-state index in [1.165, 1.54) is 25.7 Å². The number of hydrogen-bond acceptors (Lipinski definition) is 3. The molecule has 0 aromatic rings. The third-order valence-corrected chi connectivity index (χ3v) is 3.06. The SMILES string of the molecule is CC(C)OCCN(CCO)C1CCCC1. The maximum Gasteiger partial charge on any atom is 0.0597 e. The van der Waals surface area contributed by atoms with Gasteiger partial charge in [-0.05, 0) is 26.7 Å². The van der Waals surface area contributed by atoms with Crippen molar-refractivity contribution in [3.05, 3.63) is 0 Å². The fraction of sp³-hybridized carbons (Fsp3) is 1.00. The zero-order valence-electron chi connectivity index (χ0n) is 10.1. The molecule has 0 unspecified atom stereocenters. The highest BCUT2D eigenvalue weighted by Gasteiger charge is 2.21. The highest BCUT2D eigenvalue weighted by Crippen LogP contribution is 2.22. The largest absolute Gasteiger partial charge is 0.395 e. The van der Waals surface area contributed by atoms with Crippen molar-refractivity contribution in [2.45, 2.75) is 51.7 Å². The maximum atomic E-state index is 9.02. The molecule has 0 amide bonds. The summed E-state index contributed by atoms with van der Waals surface area (Å²) in [7, 11) is 0. The van der Waals surface area contributed by atoms with Gasteiger partial charge in [0.05, 0.1) is 19.3 Å². The van der Waals surface area contributed by atoms with Crippen molar-refractivity contribution in [1.82, 2.24) is 4.90 Å². The molecule has 0 heterocycles. The van der Waals surface area contributed by atoms with Crippen molar-refractivity contribution in [1.29, 1.82) is 0 Å². The molecule has 0 atom stereocenters. The van der Waals surface area contributed by atoms with Crippen molar-refractivity contribution >= 4 is 0 Å². The first-order valence-electron chi connectivity index (χ1n) is 6.20. The van der Waals surface area contributed by atoms with Gasteiger partial charge in [0, 0.05) is 19.1 Å². The minimum Gasteiger partial charge on any atom is -0.395 e. The van der Waals surface area contributed by atoms with E-state index in [4.69, 9.17) is 9.84 Å². The van der Waals surface area contributed by atoms with Crippen LogP contribution in [0.4, 0.5) is 0 Å². The molecule has 0 aromatic carbocycles. The Morgan fingerprint density at radius 1 is 1.27 bits per heavy atom. The zero-order chi connectivity index (χ0) is 11.1. The number of nitrogens with zero attached hydrogens (tertiary/aromatic N) is 1. The Morgan fingerprint density at radius 2 is 1.93 bits per heavy atom. The molecule has 0 radical (unpaired) electrons. The Labute approximate surface area is 93.4 Å². The molecule has 0 bridgehead atoms. The summed E-state index contributed by atoms with van der Waals surface area (Å²) in [5.74, 6) is 0. The molecular formula is C12H25NO2. The first kappa shape index (κ1) is 12.9. The normalized spacial score (nSPS) is 18.2. The van der Waals surface area contributed by atoms with E-state index in [1.807, 2.05) is 0 Å². The van der Waals surface area contributed by atoms with E-state index in [9.17, 15) is 0 Å². The second-order valence-electron chi connectivity index (χ2n) is 4.62. The number of ether oxygens (including phenoxy) is 1. The van der Waals surface area contributed by atoms with Crippen LogP contribution in [0, 0.1) is 0 Å². The number of hydrogen-bond donors (Lipinski definition) is 1. The lowest BCUT2D eigenvalue weighted by molar-refractivity contribution is 0.0441. The average Bonchev–Trinajstić information content (AvgIpc) is 2.68. The van der Waals surface area contributed by atoms with E-state index in [1.54, 1.807) is 0 Å². The van der Waals surface area contributed by atoms with Gasteiger partial charge in [-0.15, -0.1) is 0 Å². The van der Waals surface area contributed by atoms with Gasteiger partial charge in [-0.3, -0.25) is 4.90 Å². The summed E-state index contributed by atoms with van der Waals surface area (Å²) in [6.45, 7) is 6.93. The third kappa shape index (κ3) is 4.96. The quantitative estimate of drug-likeness (QED) is 0.701. The van der Waals surface area contributed by atoms with Gasteiger partial charge in [0.1, 0.15) is 0 Å². The lowest BCUT2D eigenvalue weighted by Crippen LogP contribution is -2.38. The molecule has 1 saturated carbocycles. The van der Waals surface area contributed by atoms with Crippen LogP contribution in [-0.2, 0) is 4.74 Å². The van der Waals surface area contributed by atoms with E-state index in [0.29, 0.717) is 12.1 Å². The van der Waals surface area contributed by atoms with Crippen LogP contribution in [0.25, 0.3) is 0 Å². The first-order chi connectivity index (χ1) is 7.24. The van der Waals surface area contributed by atoms with Crippen LogP contribution < -0.4 is 0 Å². The Balaban J connectivity index is 2.23. The molecule has 3 heteroatoms. The second-order valence-corrected chi connectivity index (χ2v) is 4.62. The summed E-state index contributed by atoms with van der Waals surface area (Å²) in [5, 5.41) is 9.02. The molecule has 1 fully saturated rings. The fourth-order valence-corrected chi connectivity index (χ4v) is 2.28. The maximum absolute atomic E-state index is 9.02. The van der Waals surface area contributed by atoms with Gasteiger partial charge < -0.3 is 9.84 Å². The van der Waals surface area contributed by atoms with E-state index in [-0.39, 0.29) is 6.61 Å². The van der Waals surface area contributed by atoms with Crippen molar-refractivity contribution in [2.75, 3.05) is 26.3 Å². The Morgan fingerprint density at radius 3 is 2.47 bits per heavy atom. The number of rotatable bonds is 7. The summed E-state index contributed by atoms with van der Waals surface area (Å²) in [6, 6.07) is 0.688. The van der Waals surface area contributed by atoms with Crippen LogP contribution in [0.3, 0.4) is 0 Å². The van der Waals surface area contributed by atoms with Crippen molar-refractivity contribution in [3.63, 3.8) is 0 Å². The molecule has 15 heavy (non-hydrogen) atoms. The van der Waals surface area contributed by atoms with E-state index in [2.05, 4.69) is 18.7 Å². The summed E-state index contributed by atoms with van der Waals surface area (Å²) >= 11 is 0. The van der Waals surface area contributed by atoms with Crippen LogP contribution in [0.1, 0.15) is 39.5 Å². The number of aliphatic hydroxyl groups excluding tert-OH is 1. The first-order valence-corrected chi connectivity index (χ1v) is 6.20. The second kappa shape index (κ2) is 7.20. The predicted octanol–water partition coefficient (Wildman–Crippen LogP) is 1.65. The topological polar surface area (TPSA) is 32.7 Å². The molecule has 1 aliphatic rings. The van der Waals surface area contributed by atoms with Gasteiger partial charge in [-0.25, -0.2) is 0 Å². The monoisotopic (exact) mass is 215 g/mol. The van der Waals surface area contributed by atoms with Gasteiger partial charge >= 0.3 is 0 Å². The molecule has 90 valence electrons. The van der Waals surface area contributed by atoms with Gasteiger partial charge in [0.2, 0.25) is 0 Å². The molecule has 1 aliphatic carbocycles. The van der Waals surface area contributed by atoms with Crippen molar-refractivity contribution in [2.24, 2.45) is 0 Å². The molecule has 0 aromatic heterocycles. The summed E-state index contributed by atoms with van der Waals surface area (Å²) < 4.78 is 5.55. The molecular weight excluding hydrogens is 190 g/mol. The average molecular weight is 215 g/mol. The van der Waals surface area contributed by atoms with Crippen LogP contribution >= 0.6 is 0 Å². The van der Waals surface area contributed by atoms with Gasteiger partial charge in [0.25, 0.3) is 0 Å². The Kier molecular flexibility index (Phi) is 6.22. The van der Waals surface area contributed by atoms with Crippen LogP contribution in [0.15, 0.2) is 0 Å². The molecule has 0 aliphatic heterocycles. The third-order valence-electron chi connectivity index (χ3n) is 3.06. The van der Waals surface area contributed by atoms with E-state index < -0.39 is 0 Å². The molecule has 1 N–H and O–H groups in total. The molecule has 3 nitrogen and oxygen atoms in total. The molecule has 0 spiro atoms. The Hall–Kier alpha value is -0.120. The fourth-order valence-electron chi connectivity index (χ4n) is 2.28. The Bertz CT molecular complexity index is 156. The van der Waals surface area contributed by atoms with Gasteiger partial charge in [-0.2, -0.15) is 0 Å². The molecule has 1 rings (SSSR count). The standard InChI is InChI=1S/C12H25NO2/c1-11(2)15-10-8-13(7-9-14)12-5-3-4-6-12/h11-12,14H,3-10H2,1-2H3. The lowest BCUT2D eigenvalue weighted by Gasteiger charge is -2.28. The van der Waals surface area contributed by atoms with Crippen LogP contribution in [0.2, 0.25) is 0 Å². The van der Waals surface area contributed by atoms with E-state index >= 15 is 0 Å². The summed E-state index contributed by atoms with van der Waals surface area (Å²) in [6.07, 6.45) is 5.59. The predicted molar refractivity (Wildman–Crippen MR) is 62.0 cm³/mol. The van der Waals surface area contributed by atoms with Gasteiger partial charge in [-0.1, -0.05) is 12.8 Å².